The van der Waals surface area contributed by atoms with E-state index in [0.29, 0.717) is 30.2 Å². The van der Waals surface area contributed by atoms with Gasteiger partial charge in [-0.1, -0.05) is 12.1 Å². The van der Waals surface area contributed by atoms with Crippen LogP contribution in [-0.4, -0.2) is 40.6 Å². The number of carbonyl (C=O) groups excluding carboxylic acids is 2. The fraction of sp³-hybridized carbons (Fsp3) is 0.250. The van der Waals surface area contributed by atoms with E-state index in [0.717, 1.165) is 11.4 Å². The molecule has 0 saturated carbocycles. The zero-order valence-electron chi connectivity index (χ0n) is 18.1. The van der Waals surface area contributed by atoms with Crippen LogP contribution in [0.4, 0.5) is 5.69 Å². The molecule has 0 radical (unpaired) electrons. The molecule has 2 aromatic carbocycles. The quantitative estimate of drug-likeness (QED) is 0.232. The lowest BCUT2D eigenvalue weighted by Crippen LogP contribution is -2.33. The average Bonchev–Trinajstić information content (AvgIpc) is 3.10. The van der Waals surface area contributed by atoms with Crippen molar-refractivity contribution in [3.05, 3.63) is 87.2 Å². The van der Waals surface area contributed by atoms with Gasteiger partial charge in [-0.05, 0) is 44.2 Å². The number of nitro benzene ring substituents is 1. The Morgan fingerprint density at radius 1 is 1.12 bits per heavy atom. The van der Waals surface area contributed by atoms with E-state index in [-0.39, 0.29) is 23.1 Å². The molecule has 0 fully saturated rings. The molecule has 9 nitrogen and oxygen atoms in total. The fourth-order valence-corrected chi connectivity index (χ4v) is 3.73. The Labute approximate surface area is 189 Å². The van der Waals surface area contributed by atoms with Gasteiger partial charge in [-0.2, -0.15) is 0 Å². The highest BCUT2D eigenvalue weighted by atomic mass is 16.6. The Morgan fingerprint density at radius 2 is 1.82 bits per heavy atom. The van der Waals surface area contributed by atoms with Crippen molar-refractivity contribution in [2.45, 2.75) is 26.5 Å². The summed E-state index contributed by atoms with van der Waals surface area (Å²) in [5.41, 5.74) is 2.08. The minimum absolute atomic E-state index is 0.133. The second-order valence-corrected chi connectivity index (χ2v) is 7.70. The lowest BCUT2D eigenvalue weighted by Gasteiger charge is -2.27. The van der Waals surface area contributed by atoms with Crippen molar-refractivity contribution in [3.63, 3.8) is 0 Å². The van der Waals surface area contributed by atoms with Crippen LogP contribution < -0.4 is 9.47 Å². The van der Waals surface area contributed by atoms with Crippen LogP contribution in [0.5, 0.6) is 11.5 Å². The van der Waals surface area contributed by atoms with Crippen LogP contribution in [0.1, 0.15) is 32.1 Å². The van der Waals surface area contributed by atoms with E-state index in [2.05, 4.69) is 0 Å². The second kappa shape index (κ2) is 9.15. The molecule has 0 bridgehead atoms. The van der Waals surface area contributed by atoms with Gasteiger partial charge < -0.3 is 18.8 Å². The van der Waals surface area contributed by atoms with E-state index in [1.54, 1.807) is 6.07 Å². The fourth-order valence-electron chi connectivity index (χ4n) is 3.73. The highest BCUT2D eigenvalue weighted by Crippen LogP contribution is 2.31. The van der Waals surface area contributed by atoms with E-state index >= 15 is 0 Å². The molecule has 0 N–H and O–H groups in total. The Hall–Kier alpha value is -4.14. The standard InChI is InChI=1S/C24H22N2O7/c1-15-11-20(21(27)14-32-24(28)17-7-9-18(10-8-17)26(29)30)16(2)25(15)12-19-13-31-22-5-3-4-6-23(22)33-19/h3-11,19H,12-14H2,1-2H3. The molecule has 0 amide bonds. The maximum absolute atomic E-state index is 12.7. The van der Waals surface area contributed by atoms with E-state index in [9.17, 15) is 19.7 Å². The summed E-state index contributed by atoms with van der Waals surface area (Å²) in [5, 5.41) is 10.7. The minimum Gasteiger partial charge on any atom is -0.486 e. The summed E-state index contributed by atoms with van der Waals surface area (Å²) in [6, 6.07) is 14.2. The Kier molecular flexibility index (Phi) is 6.12. The summed E-state index contributed by atoms with van der Waals surface area (Å²) in [7, 11) is 0. The molecule has 0 aliphatic carbocycles. The van der Waals surface area contributed by atoms with Crippen molar-refractivity contribution >= 4 is 17.4 Å². The number of hydrogen-bond acceptors (Lipinski definition) is 7. The number of para-hydroxylation sites is 2. The van der Waals surface area contributed by atoms with E-state index in [1.165, 1.54) is 24.3 Å². The number of aryl methyl sites for hydroxylation is 1. The van der Waals surface area contributed by atoms with Gasteiger partial charge in [-0.3, -0.25) is 14.9 Å². The van der Waals surface area contributed by atoms with Gasteiger partial charge in [0.15, 0.2) is 24.2 Å². The van der Waals surface area contributed by atoms with Gasteiger partial charge in [0, 0.05) is 29.1 Å². The molecule has 3 aromatic rings. The normalized spacial score (nSPS) is 14.5. The minimum atomic E-state index is -0.724. The molecule has 2 heterocycles. The predicted octanol–water partition coefficient (Wildman–Crippen LogP) is 3.89. The topological polar surface area (TPSA) is 110 Å². The number of benzene rings is 2. The Bertz CT molecular complexity index is 1210. The molecule has 4 rings (SSSR count). The van der Waals surface area contributed by atoms with Crippen LogP contribution >= 0.6 is 0 Å². The van der Waals surface area contributed by atoms with E-state index in [4.69, 9.17) is 14.2 Å². The van der Waals surface area contributed by atoms with Crippen LogP contribution in [0.3, 0.4) is 0 Å². The molecule has 170 valence electrons. The first-order valence-electron chi connectivity index (χ1n) is 10.3. The third-order valence-electron chi connectivity index (χ3n) is 5.48. The number of ketones is 1. The van der Waals surface area contributed by atoms with Crippen molar-refractivity contribution in [1.29, 1.82) is 0 Å². The molecule has 9 heteroatoms. The largest absolute Gasteiger partial charge is 0.486 e. The first-order chi connectivity index (χ1) is 15.8. The summed E-state index contributed by atoms with van der Waals surface area (Å²) in [6.07, 6.45) is -0.215. The summed E-state index contributed by atoms with van der Waals surface area (Å²) in [6.45, 7) is 4.18. The zero-order chi connectivity index (χ0) is 23.5. The molecule has 1 aliphatic rings. The number of hydrogen-bond donors (Lipinski definition) is 0. The van der Waals surface area contributed by atoms with Gasteiger partial charge in [0.05, 0.1) is 17.0 Å². The molecule has 1 unspecified atom stereocenters. The SMILES string of the molecule is Cc1cc(C(=O)COC(=O)c2ccc([N+](=O)[O-])cc2)c(C)n1CC1COc2ccccc2O1. The van der Waals surface area contributed by atoms with Crippen LogP contribution in [0.25, 0.3) is 0 Å². The van der Waals surface area contributed by atoms with Crippen LogP contribution in [0.2, 0.25) is 0 Å². The Morgan fingerprint density at radius 3 is 2.52 bits per heavy atom. The molecule has 1 aromatic heterocycles. The summed E-state index contributed by atoms with van der Waals surface area (Å²) in [4.78, 5) is 35.1. The molecule has 1 aliphatic heterocycles. The summed E-state index contributed by atoms with van der Waals surface area (Å²) in [5.74, 6) is 0.334. The van der Waals surface area contributed by atoms with Crippen molar-refractivity contribution in [3.8, 4) is 11.5 Å². The molecule has 0 spiro atoms. The number of ether oxygens (including phenoxy) is 3. The summed E-state index contributed by atoms with van der Waals surface area (Å²) >= 11 is 0. The first kappa shape index (κ1) is 22.1. The van der Waals surface area contributed by atoms with Crippen molar-refractivity contribution < 1.29 is 28.7 Å². The number of esters is 1. The molecule has 0 saturated heterocycles. The maximum atomic E-state index is 12.7. The smallest absolute Gasteiger partial charge is 0.338 e. The monoisotopic (exact) mass is 450 g/mol. The predicted molar refractivity (Wildman–Crippen MR) is 118 cm³/mol. The average molecular weight is 450 g/mol. The van der Waals surface area contributed by atoms with Gasteiger partial charge in [0.2, 0.25) is 5.78 Å². The zero-order valence-corrected chi connectivity index (χ0v) is 18.1. The molecular weight excluding hydrogens is 428 g/mol. The third kappa shape index (κ3) is 4.72. The number of aromatic nitrogens is 1. The number of nitrogens with zero attached hydrogens (tertiary/aromatic N) is 2. The number of fused-ring (bicyclic) bond motifs is 1. The molecule has 33 heavy (non-hydrogen) atoms. The number of non-ortho nitro benzene ring substituents is 1. The van der Waals surface area contributed by atoms with Gasteiger partial charge in [-0.25, -0.2) is 4.79 Å². The summed E-state index contributed by atoms with van der Waals surface area (Å²) < 4.78 is 18.9. The van der Waals surface area contributed by atoms with E-state index < -0.39 is 17.5 Å². The van der Waals surface area contributed by atoms with Crippen LogP contribution in [0, 0.1) is 24.0 Å². The Balaban J connectivity index is 1.39. The molecular formula is C24H22N2O7. The lowest BCUT2D eigenvalue weighted by molar-refractivity contribution is -0.384. The van der Waals surface area contributed by atoms with Crippen molar-refractivity contribution in [2.24, 2.45) is 0 Å². The molecule has 1 atom stereocenters. The lowest BCUT2D eigenvalue weighted by atomic mass is 10.1. The first-order valence-corrected chi connectivity index (χ1v) is 10.3. The van der Waals surface area contributed by atoms with Gasteiger partial charge in [0.25, 0.3) is 5.69 Å². The third-order valence-corrected chi connectivity index (χ3v) is 5.48. The van der Waals surface area contributed by atoms with Crippen molar-refractivity contribution in [2.75, 3.05) is 13.2 Å². The highest BCUT2D eigenvalue weighted by Gasteiger charge is 2.24. The number of carbonyl (C=O) groups is 2. The number of rotatable bonds is 7. The second-order valence-electron chi connectivity index (χ2n) is 7.70. The maximum Gasteiger partial charge on any atom is 0.338 e. The van der Waals surface area contributed by atoms with Crippen LogP contribution in [-0.2, 0) is 11.3 Å². The number of nitro groups is 1. The van der Waals surface area contributed by atoms with Gasteiger partial charge >= 0.3 is 5.97 Å². The highest BCUT2D eigenvalue weighted by molar-refractivity contribution is 6.00. The van der Waals surface area contributed by atoms with Gasteiger partial charge in [0.1, 0.15) is 6.61 Å². The van der Waals surface area contributed by atoms with Crippen molar-refractivity contribution in [1.82, 2.24) is 4.57 Å². The van der Waals surface area contributed by atoms with Gasteiger partial charge in [-0.15, -0.1) is 0 Å². The number of Topliss-reactive ketones (excluding diaryl/α,β-unsaturated/α-hetero) is 1. The van der Waals surface area contributed by atoms with Crippen LogP contribution in [0.15, 0.2) is 54.6 Å². The van der Waals surface area contributed by atoms with E-state index in [1.807, 2.05) is 42.7 Å².